The van der Waals surface area contributed by atoms with Gasteiger partial charge < -0.3 is 19.5 Å². The zero-order valence-electron chi connectivity index (χ0n) is 19.4. The molecule has 1 aliphatic heterocycles. The maximum absolute atomic E-state index is 13.1. The summed E-state index contributed by atoms with van der Waals surface area (Å²) in [5.74, 6) is 1.11. The number of nitrogens with one attached hydrogen (secondary N) is 1. The Morgan fingerprint density at radius 3 is 2.48 bits per heavy atom. The number of benzene rings is 3. The van der Waals surface area contributed by atoms with Crippen molar-refractivity contribution in [1.29, 1.82) is 0 Å². The Hall–Kier alpha value is -3.09. The highest BCUT2D eigenvalue weighted by atomic mass is 16.5. The number of carbonyl (C=O) groups excluding carboxylic acids is 1. The van der Waals surface area contributed by atoms with E-state index in [1.807, 2.05) is 13.8 Å². The molecule has 3 aromatic carbocycles. The predicted molar refractivity (Wildman–Crippen MR) is 130 cm³/mol. The van der Waals surface area contributed by atoms with E-state index in [9.17, 15) is 4.79 Å². The predicted octanol–water partition coefficient (Wildman–Crippen LogP) is 4.44. The van der Waals surface area contributed by atoms with Gasteiger partial charge in [0.05, 0.1) is 32.5 Å². The Labute approximate surface area is 195 Å². The van der Waals surface area contributed by atoms with Crippen LogP contribution >= 0.6 is 0 Å². The fourth-order valence-corrected chi connectivity index (χ4v) is 4.35. The lowest BCUT2D eigenvalue weighted by molar-refractivity contribution is 0.0165. The van der Waals surface area contributed by atoms with Crippen molar-refractivity contribution in [3.8, 4) is 11.5 Å². The van der Waals surface area contributed by atoms with Crippen LogP contribution in [-0.4, -0.2) is 56.9 Å². The summed E-state index contributed by atoms with van der Waals surface area (Å²) in [5.41, 5.74) is 1.78. The first-order valence-electron chi connectivity index (χ1n) is 11.7. The summed E-state index contributed by atoms with van der Waals surface area (Å²) in [5, 5.41) is 5.58. The number of carbonyl (C=O) groups is 1. The quantitative estimate of drug-likeness (QED) is 0.524. The molecule has 1 aliphatic rings. The average Bonchev–Trinajstić information content (AvgIpc) is 2.86. The second kappa shape index (κ2) is 11.2. The minimum absolute atomic E-state index is 0.0537. The standard InChI is InChI=1S/C27H32N2O4/c1-3-32-25-13-12-21(18-26(25)33-4-2)27(30)28-19-24(29-14-16-31-17-15-29)23-11-7-9-20-8-5-6-10-22(20)23/h5-13,18,24H,3-4,14-17,19H2,1-2H3,(H,28,30)/t24-/m0/s1. The molecule has 0 aromatic heterocycles. The summed E-state index contributed by atoms with van der Waals surface area (Å²) >= 11 is 0. The van der Waals surface area contributed by atoms with Gasteiger partial charge in [0.25, 0.3) is 5.91 Å². The highest BCUT2D eigenvalue weighted by molar-refractivity contribution is 5.95. The number of nitrogens with zero attached hydrogens (tertiary/aromatic N) is 1. The Morgan fingerprint density at radius 1 is 0.970 bits per heavy atom. The Bertz CT molecular complexity index is 1070. The van der Waals surface area contributed by atoms with Gasteiger partial charge in [0.15, 0.2) is 11.5 Å². The van der Waals surface area contributed by atoms with E-state index in [0.717, 1.165) is 13.1 Å². The summed E-state index contributed by atoms with van der Waals surface area (Å²) in [7, 11) is 0. The van der Waals surface area contributed by atoms with Crippen LogP contribution in [0.1, 0.15) is 35.8 Å². The molecular weight excluding hydrogens is 416 g/mol. The van der Waals surface area contributed by atoms with E-state index in [-0.39, 0.29) is 11.9 Å². The minimum Gasteiger partial charge on any atom is -0.490 e. The van der Waals surface area contributed by atoms with E-state index in [0.29, 0.717) is 50.0 Å². The molecule has 1 atom stereocenters. The number of amides is 1. The van der Waals surface area contributed by atoms with Gasteiger partial charge in [0, 0.05) is 25.2 Å². The molecule has 0 bridgehead atoms. The third-order valence-electron chi connectivity index (χ3n) is 5.93. The molecule has 0 spiro atoms. The van der Waals surface area contributed by atoms with Crippen molar-refractivity contribution in [2.45, 2.75) is 19.9 Å². The summed E-state index contributed by atoms with van der Waals surface area (Å²) in [6, 6.07) is 20.2. The molecule has 6 heteroatoms. The summed E-state index contributed by atoms with van der Waals surface area (Å²) in [6.45, 7) is 8.46. The van der Waals surface area contributed by atoms with Gasteiger partial charge in [-0.3, -0.25) is 9.69 Å². The van der Waals surface area contributed by atoms with E-state index < -0.39 is 0 Å². The molecule has 0 radical (unpaired) electrons. The lowest BCUT2D eigenvalue weighted by atomic mass is 9.97. The van der Waals surface area contributed by atoms with E-state index in [4.69, 9.17) is 14.2 Å². The molecule has 3 aromatic rings. The summed E-state index contributed by atoms with van der Waals surface area (Å²) < 4.78 is 16.9. The van der Waals surface area contributed by atoms with Crippen LogP contribution < -0.4 is 14.8 Å². The SMILES string of the molecule is CCOc1ccc(C(=O)NC[C@@H](c2cccc3ccccc23)N2CCOCC2)cc1OCC. The molecule has 0 aliphatic carbocycles. The van der Waals surface area contributed by atoms with Crippen LogP contribution in [0.15, 0.2) is 60.7 Å². The number of fused-ring (bicyclic) bond motifs is 1. The largest absolute Gasteiger partial charge is 0.490 e. The highest BCUT2D eigenvalue weighted by Crippen LogP contribution is 2.30. The second-order valence-electron chi connectivity index (χ2n) is 7.97. The van der Waals surface area contributed by atoms with E-state index in [2.05, 4.69) is 52.7 Å². The van der Waals surface area contributed by atoms with Gasteiger partial charge in [-0.1, -0.05) is 42.5 Å². The molecule has 1 N–H and O–H groups in total. The monoisotopic (exact) mass is 448 g/mol. The number of ether oxygens (including phenoxy) is 3. The molecule has 0 unspecified atom stereocenters. The van der Waals surface area contributed by atoms with E-state index in [1.54, 1.807) is 18.2 Å². The average molecular weight is 449 g/mol. The maximum Gasteiger partial charge on any atom is 0.251 e. The van der Waals surface area contributed by atoms with Crippen LogP contribution in [0.25, 0.3) is 10.8 Å². The third kappa shape index (κ3) is 5.46. The van der Waals surface area contributed by atoms with E-state index in [1.165, 1.54) is 16.3 Å². The van der Waals surface area contributed by atoms with Crippen molar-refractivity contribution < 1.29 is 19.0 Å². The van der Waals surface area contributed by atoms with Crippen LogP contribution in [0.2, 0.25) is 0 Å². The van der Waals surface area contributed by atoms with Gasteiger partial charge in [0.1, 0.15) is 0 Å². The lowest BCUT2D eigenvalue weighted by Crippen LogP contribution is -2.43. The molecule has 4 rings (SSSR count). The minimum atomic E-state index is -0.127. The zero-order valence-corrected chi connectivity index (χ0v) is 19.4. The molecule has 1 fully saturated rings. The Kier molecular flexibility index (Phi) is 7.81. The van der Waals surface area contributed by atoms with Crippen LogP contribution in [-0.2, 0) is 4.74 Å². The van der Waals surface area contributed by atoms with Gasteiger partial charge >= 0.3 is 0 Å². The topological polar surface area (TPSA) is 60.0 Å². The van der Waals surface area contributed by atoms with Gasteiger partial charge in [-0.25, -0.2) is 0 Å². The number of hydrogen-bond donors (Lipinski definition) is 1. The fourth-order valence-electron chi connectivity index (χ4n) is 4.35. The van der Waals surface area contributed by atoms with Gasteiger partial charge in [0.2, 0.25) is 0 Å². The zero-order chi connectivity index (χ0) is 23.0. The number of rotatable bonds is 9. The van der Waals surface area contributed by atoms with Gasteiger partial charge in [-0.2, -0.15) is 0 Å². The molecule has 1 amide bonds. The van der Waals surface area contributed by atoms with Crippen molar-refractivity contribution in [3.05, 3.63) is 71.8 Å². The first-order valence-corrected chi connectivity index (χ1v) is 11.7. The van der Waals surface area contributed by atoms with Crippen LogP contribution in [0, 0.1) is 0 Å². The van der Waals surface area contributed by atoms with Crippen molar-refractivity contribution in [2.24, 2.45) is 0 Å². The number of morpholine rings is 1. The van der Waals surface area contributed by atoms with Crippen molar-refractivity contribution >= 4 is 16.7 Å². The molecule has 1 heterocycles. The lowest BCUT2D eigenvalue weighted by Gasteiger charge is -2.35. The first-order chi connectivity index (χ1) is 16.2. The highest BCUT2D eigenvalue weighted by Gasteiger charge is 2.25. The Balaban J connectivity index is 1.57. The summed E-state index contributed by atoms with van der Waals surface area (Å²) in [6.07, 6.45) is 0. The number of hydrogen-bond acceptors (Lipinski definition) is 5. The van der Waals surface area contributed by atoms with E-state index >= 15 is 0 Å². The van der Waals surface area contributed by atoms with Gasteiger partial charge in [-0.05, 0) is 48.4 Å². The van der Waals surface area contributed by atoms with Gasteiger partial charge in [-0.15, -0.1) is 0 Å². The second-order valence-corrected chi connectivity index (χ2v) is 7.97. The normalized spacial score (nSPS) is 15.2. The molecule has 1 saturated heterocycles. The maximum atomic E-state index is 13.1. The summed E-state index contributed by atoms with van der Waals surface area (Å²) in [4.78, 5) is 15.5. The Morgan fingerprint density at radius 2 is 1.70 bits per heavy atom. The van der Waals surface area contributed by atoms with Crippen LogP contribution in [0.4, 0.5) is 0 Å². The fraction of sp³-hybridized carbons (Fsp3) is 0.370. The molecule has 6 nitrogen and oxygen atoms in total. The third-order valence-corrected chi connectivity index (χ3v) is 5.93. The van der Waals surface area contributed by atoms with Crippen LogP contribution in [0.5, 0.6) is 11.5 Å². The molecule has 174 valence electrons. The smallest absolute Gasteiger partial charge is 0.251 e. The van der Waals surface area contributed by atoms with Crippen molar-refractivity contribution in [1.82, 2.24) is 10.2 Å². The molecule has 33 heavy (non-hydrogen) atoms. The van der Waals surface area contributed by atoms with Crippen molar-refractivity contribution in [3.63, 3.8) is 0 Å². The van der Waals surface area contributed by atoms with Crippen molar-refractivity contribution in [2.75, 3.05) is 46.1 Å². The molecule has 0 saturated carbocycles. The molecular formula is C27H32N2O4. The van der Waals surface area contributed by atoms with Crippen LogP contribution in [0.3, 0.4) is 0 Å². The first kappa shape index (κ1) is 23.1.